The lowest BCUT2D eigenvalue weighted by Gasteiger charge is -2.14. The molecule has 1 aromatic heterocycles. The summed E-state index contributed by atoms with van der Waals surface area (Å²) >= 11 is 7.15. The SMILES string of the molecule is COc1ccc(S(=O)(=O)N(C)C)cc1CCC(=O)Nc1nnc(-c2ccc(Cl)cc2)s1. The molecule has 1 heterocycles. The summed E-state index contributed by atoms with van der Waals surface area (Å²) in [6, 6.07) is 11.8. The third kappa shape index (κ3) is 5.59. The van der Waals surface area contributed by atoms with Crippen LogP contribution in [-0.4, -0.2) is 50.0 Å². The molecule has 1 N–H and O–H groups in total. The van der Waals surface area contributed by atoms with Crippen molar-refractivity contribution in [1.29, 1.82) is 0 Å². The van der Waals surface area contributed by atoms with Crippen LogP contribution in [-0.2, 0) is 21.2 Å². The van der Waals surface area contributed by atoms with Gasteiger partial charge in [0.15, 0.2) is 0 Å². The van der Waals surface area contributed by atoms with E-state index in [1.807, 2.05) is 12.1 Å². The van der Waals surface area contributed by atoms with Crippen molar-refractivity contribution in [3.05, 3.63) is 53.1 Å². The van der Waals surface area contributed by atoms with Crippen molar-refractivity contribution in [2.45, 2.75) is 17.7 Å². The summed E-state index contributed by atoms with van der Waals surface area (Å²) in [4.78, 5) is 12.6. The Kier molecular flexibility index (Phi) is 7.26. The average Bonchev–Trinajstić information content (AvgIpc) is 3.20. The van der Waals surface area contributed by atoms with Crippen molar-refractivity contribution in [3.63, 3.8) is 0 Å². The largest absolute Gasteiger partial charge is 0.496 e. The van der Waals surface area contributed by atoms with Gasteiger partial charge in [0.1, 0.15) is 10.8 Å². The van der Waals surface area contributed by atoms with E-state index in [2.05, 4.69) is 15.5 Å². The third-order valence-electron chi connectivity index (χ3n) is 4.41. The number of carbonyl (C=O) groups is 1. The molecule has 0 aliphatic carbocycles. The molecule has 11 heteroatoms. The normalized spacial score (nSPS) is 11.5. The van der Waals surface area contributed by atoms with Gasteiger partial charge >= 0.3 is 0 Å². The molecule has 0 aliphatic heterocycles. The van der Waals surface area contributed by atoms with E-state index < -0.39 is 10.0 Å². The second-order valence-electron chi connectivity index (χ2n) is 6.73. The zero-order valence-corrected chi connectivity index (χ0v) is 19.5. The number of benzene rings is 2. The minimum absolute atomic E-state index is 0.123. The molecule has 0 unspecified atom stereocenters. The lowest BCUT2D eigenvalue weighted by molar-refractivity contribution is -0.116. The highest BCUT2D eigenvalue weighted by Crippen LogP contribution is 2.28. The minimum atomic E-state index is -3.59. The summed E-state index contributed by atoms with van der Waals surface area (Å²) in [5, 5.41) is 12.5. The van der Waals surface area contributed by atoms with Gasteiger partial charge in [-0.3, -0.25) is 4.79 Å². The van der Waals surface area contributed by atoms with Crippen LogP contribution in [0.1, 0.15) is 12.0 Å². The fourth-order valence-electron chi connectivity index (χ4n) is 2.73. The van der Waals surface area contributed by atoms with Crippen molar-refractivity contribution < 1.29 is 17.9 Å². The van der Waals surface area contributed by atoms with Gasteiger partial charge in [-0.25, -0.2) is 12.7 Å². The molecule has 0 fully saturated rings. The Hall–Kier alpha value is -2.53. The average molecular weight is 481 g/mol. The highest BCUT2D eigenvalue weighted by molar-refractivity contribution is 7.89. The predicted octanol–water partition coefficient (Wildman–Crippen LogP) is 3.69. The smallest absolute Gasteiger partial charge is 0.242 e. The number of rotatable bonds is 8. The molecule has 0 saturated heterocycles. The van der Waals surface area contributed by atoms with Crippen LogP contribution in [0.4, 0.5) is 5.13 Å². The number of carbonyl (C=O) groups excluding carboxylic acids is 1. The van der Waals surface area contributed by atoms with Gasteiger partial charge < -0.3 is 10.1 Å². The molecule has 3 rings (SSSR count). The van der Waals surface area contributed by atoms with Crippen molar-refractivity contribution in [1.82, 2.24) is 14.5 Å². The molecule has 0 radical (unpaired) electrons. The van der Waals surface area contributed by atoms with Crippen LogP contribution in [0.15, 0.2) is 47.4 Å². The van der Waals surface area contributed by atoms with Gasteiger partial charge in [0, 0.05) is 31.1 Å². The van der Waals surface area contributed by atoms with Gasteiger partial charge in [-0.1, -0.05) is 35.1 Å². The van der Waals surface area contributed by atoms with E-state index in [0.29, 0.717) is 32.9 Å². The van der Waals surface area contributed by atoms with Crippen LogP contribution in [0.3, 0.4) is 0 Å². The van der Waals surface area contributed by atoms with E-state index in [-0.39, 0.29) is 17.2 Å². The molecule has 31 heavy (non-hydrogen) atoms. The number of aromatic nitrogens is 2. The quantitative estimate of drug-likeness (QED) is 0.527. The topological polar surface area (TPSA) is 101 Å². The number of hydrogen-bond acceptors (Lipinski definition) is 7. The Labute approximate surface area is 189 Å². The summed E-state index contributed by atoms with van der Waals surface area (Å²) in [6.45, 7) is 0. The van der Waals surface area contributed by atoms with Gasteiger partial charge in [-0.15, -0.1) is 10.2 Å². The lowest BCUT2D eigenvalue weighted by atomic mass is 10.1. The number of sulfonamides is 1. The van der Waals surface area contributed by atoms with Gasteiger partial charge in [0.05, 0.1) is 12.0 Å². The number of amides is 1. The van der Waals surface area contributed by atoms with Crippen LogP contribution in [0.5, 0.6) is 5.75 Å². The monoisotopic (exact) mass is 480 g/mol. The number of ether oxygens (including phenoxy) is 1. The number of anilines is 1. The van der Waals surface area contributed by atoms with Gasteiger partial charge in [0.25, 0.3) is 0 Å². The Morgan fingerprint density at radius 3 is 2.52 bits per heavy atom. The molecule has 0 saturated carbocycles. The van der Waals surface area contributed by atoms with Crippen molar-refractivity contribution in [3.8, 4) is 16.3 Å². The van der Waals surface area contributed by atoms with Crippen molar-refractivity contribution in [2.75, 3.05) is 26.5 Å². The van der Waals surface area contributed by atoms with Crippen LogP contribution in [0, 0.1) is 0 Å². The number of nitrogens with zero attached hydrogens (tertiary/aromatic N) is 3. The molecule has 1 amide bonds. The van der Waals surface area contributed by atoms with Crippen molar-refractivity contribution >= 4 is 44.0 Å². The molecule has 0 spiro atoms. The third-order valence-corrected chi connectivity index (χ3v) is 7.37. The van der Waals surface area contributed by atoms with E-state index in [1.165, 1.54) is 44.7 Å². The zero-order chi connectivity index (χ0) is 22.6. The zero-order valence-electron chi connectivity index (χ0n) is 17.1. The number of halogens is 1. The Bertz CT molecular complexity index is 1180. The Morgan fingerprint density at radius 1 is 1.16 bits per heavy atom. The van der Waals surface area contributed by atoms with E-state index in [4.69, 9.17) is 16.3 Å². The van der Waals surface area contributed by atoms with Crippen LogP contribution < -0.4 is 10.1 Å². The maximum absolute atomic E-state index is 12.4. The number of methoxy groups -OCH3 is 1. The first-order valence-corrected chi connectivity index (χ1v) is 11.8. The van der Waals surface area contributed by atoms with E-state index in [9.17, 15) is 13.2 Å². The summed E-state index contributed by atoms with van der Waals surface area (Å²) in [5.41, 5.74) is 1.48. The summed E-state index contributed by atoms with van der Waals surface area (Å²) in [7, 11) is 0.844. The van der Waals surface area contributed by atoms with Crippen LogP contribution in [0.2, 0.25) is 5.02 Å². The first-order chi connectivity index (χ1) is 14.7. The molecule has 0 bridgehead atoms. The number of aryl methyl sites for hydroxylation is 1. The molecular formula is C20H21ClN4O4S2. The highest BCUT2D eigenvalue weighted by Gasteiger charge is 2.19. The first kappa shape index (κ1) is 23.1. The second kappa shape index (κ2) is 9.73. The van der Waals surface area contributed by atoms with Gasteiger partial charge in [-0.2, -0.15) is 0 Å². The molecule has 0 aliphatic rings. The fourth-order valence-corrected chi connectivity index (χ4v) is 4.58. The van der Waals surface area contributed by atoms with Gasteiger partial charge in [0.2, 0.25) is 21.1 Å². The Balaban J connectivity index is 1.68. The molecule has 164 valence electrons. The highest BCUT2D eigenvalue weighted by atomic mass is 35.5. The van der Waals surface area contributed by atoms with Crippen LogP contribution >= 0.6 is 22.9 Å². The van der Waals surface area contributed by atoms with E-state index in [0.717, 1.165) is 9.87 Å². The standard InChI is InChI=1S/C20H21ClN4O4S2/c1-25(2)31(27,28)16-9-10-17(29-3)14(12-16)6-11-18(26)22-20-24-23-19(30-20)13-4-7-15(21)8-5-13/h4-5,7-10,12H,6,11H2,1-3H3,(H,22,24,26). The minimum Gasteiger partial charge on any atom is -0.496 e. The number of hydrogen-bond donors (Lipinski definition) is 1. The summed E-state index contributed by atoms with van der Waals surface area (Å²) in [6.07, 6.45) is 0.423. The maximum atomic E-state index is 12.4. The number of nitrogens with one attached hydrogen (secondary N) is 1. The maximum Gasteiger partial charge on any atom is 0.242 e. The van der Waals surface area contributed by atoms with Crippen molar-refractivity contribution in [2.24, 2.45) is 0 Å². The first-order valence-electron chi connectivity index (χ1n) is 9.19. The molecule has 0 atom stereocenters. The molecular weight excluding hydrogens is 460 g/mol. The molecule has 8 nitrogen and oxygen atoms in total. The van der Waals surface area contributed by atoms with Gasteiger partial charge in [-0.05, 0) is 42.3 Å². The molecule has 2 aromatic carbocycles. The summed E-state index contributed by atoms with van der Waals surface area (Å²) < 4.78 is 31.2. The second-order valence-corrected chi connectivity index (χ2v) is 10.3. The predicted molar refractivity (Wildman–Crippen MR) is 121 cm³/mol. The van der Waals surface area contributed by atoms with E-state index >= 15 is 0 Å². The molecule has 3 aromatic rings. The summed E-state index contributed by atoms with van der Waals surface area (Å²) in [5.74, 6) is 0.258. The fraction of sp³-hybridized carbons (Fsp3) is 0.250. The Morgan fingerprint density at radius 2 is 1.87 bits per heavy atom. The van der Waals surface area contributed by atoms with Crippen LogP contribution in [0.25, 0.3) is 10.6 Å². The lowest BCUT2D eigenvalue weighted by Crippen LogP contribution is -2.22. The van der Waals surface area contributed by atoms with E-state index in [1.54, 1.807) is 18.2 Å².